The maximum absolute atomic E-state index is 12.3. The number of rotatable bonds is 1. The third-order valence-corrected chi connectivity index (χ3v) is 4.35. The second-order valence-electron chi connectivity index (χ2n) is 7.30. The van der Waals surface area contributed by atoms with Crippen molar-refractivity contribution in [2.24, 2.45) is 5.92 Å². The van der Waals surface area contributed by atoms with Crippen molar-refractivity contribution < 1.29 is 19.1 Å². The molecular weight excluding hydrogens is 308 g/mol. The minimum absolute atomic E-state index is 0.230. The van der Waals surface area contributed by atoms with Crippen LogP contribution in [0.2, 0.25) is 0 Å². The van der Waals surface area contributed by atoms with Gasteiger partial charge < -0.3 is 19.4 Å². The first kappa shape index (κ1) is 16.6. The average Bonchev–Trinajstić information content (AvgIpc) is 2.89. The molecule has 130 valence electrons. The van der Waals surface area contributed by atoms with Gasteiger partial charge in [0.2, 0.25) is 0 Å². The summed E-state index contributed by atoms with van der Waals surface area (Å²) < 4.78 is 10.3. The number of nitrogens with one attached hydrogen (secondary N) is 1. The third kappa shape index (κ3) is 3.18. The van der Waals surface area contributed by atoms with Crippen molar-refractivity contribution in [2.45, 2.75) is 45.8 Å². The number of carbonyl (C=O) groups is 2. The summed E-state index contributed by atoms with van der Waals surface area (Å²) in [5.41, 5.74) is 1.70. The minimum Gasteiger partial charge on any atom is -0.469 e. The summed E-state index contributed by atoms with van der Waals surface area (Å²) in [7, 11) is 1.41. The molecule has 24 heavy (non-hydrogen) atoms. The van der Waals surface area contributed by atoms with Gasteiger partial charge in [-0.05, 0) is 32.8 Å². The van der Waals surface area contributed by atoms with Gasteiger partial charge in [0.15, 0.2) is 0 Å². The van der Waals surface area contributed by atoms with E-state index >= 15 is 0 Å². The number of aromatic amines is 1. The highest BCUT2D eigenvalue weighted by Gasteiger charge is 2.28. The lowest BCUT2D eigenvalue weighted by atomic mass is 9.97. The van der Waals surface area contributed by atoms with Crippen LogP contribution in [0.25, 0.3) is 12.2 Å². The third-order valence-electron chi connectivity index (χ3n) is 4.35. The molecule has 1 aliphatic heterocycles. The molecule has 1 atom stereocenters. The first-order valence-electron chi connectivity index (χ1n) is 8.26. The molecule has 0 saturated carbocycles. The standard InChI is InChI=1S/C18H24N2O4/c1-18(2,3)24-17(22)20-8-7-15-13(10-20)12-9-11(16(21)23-4)5-6-14(12)19-15/h6,9,11,19H,5,7-8,10H2,1-4H3. The first-order chi connectivity index (χ1) is 11.3. The average molecular weight is 332 g/mol. The molecule has 2 aliphatic rings. The monoisotopic (exact) mass is 332 g/mol. The number of hydrogen-bond acceptors (Lipinski definition) is 4. The lowest BCUT2D eigenvalue weighted by molar-refractivity contribution is -0.143. The molecule has 1 aromatic heterocycles. The summed E-state index contributed by atoms with van der Waals surface area (Å²) in [6.45, 7) is 6.71. The Labute approximate surface area is 141 Å². The van der Waals surface area contributed by atoms with Gasteiger partial charge >= 0.3 is 12.1 Å². The number of carbonyl (C=O) groups excluding carboxylic acids is 2. The molecule has 2 heterocycles. The van der Waals surface area contributed by atoms with Gasteiger partial charge in [-0.1, -0.05) is 12.2 Å². The van der Waals surface area contributed by atoms with Gasteiger partial charge in [-0.15, -0.1) is 0 Å². The second-order valence-corrected chi connectivity index (χ2v) is 7.30. The van der Waals surface area contributed by atoms with E-state index in [9.17, 15) is 9.59 Å². The van der Waals surface area contributed by atoms with Gasteiger partial charge in [-0.3, -0.25) is 4.79 Å². The number of nitrogens with zero attached hydrogens (tertiary/aromatic N) is 1. The van der Waals surface area contributed by atoms with E-state index < -0.39 is 5.60 Å². The molecule has 0 spiro atoms. The molecule has 6 nitrogen and oxygen atoms in total. The van der Waals surface area contributed by atoms with Gasteiger partial charge in [-0.2, -0.15) is 0 Å². The Morgan fingerprint density at radius 1 is 1.33 bits per heavy atom. The van der Waals surface area contributed by atoms with Gasteiger partial charge in [0.05, 0.1) is 19.6 Å². The highest BCUT2D eigenvalue weighted by molar-refractivity contribution is 5.80. The summed E-state index contributed by atoms with van der Waals surface area (Å²) in [4.78, 5) is 29.3. The zero-order valence-electron chi connectivity index (χ0n) is 14.6. The van der Waals surface area contributed by atoms with Crippen molar-refractivity contribution in [1.29, 1.82) is 0 Å². The summed E-state index contributed by atoms with van der Waals surface area (Å²) in [5, 5.41) is 2.05. The van der Waals surface area contributed by atoms with E-state index in [0.717, 1.165) is 28.2 Å². The zero-order chi connectivity index (χ0) is 17.5. The molecule has 1 aliphatic carbocycles. The first-order valence-corrected chi connectivity index (χ1v) is 8.26. The Morgan fingerprint density at radius 3 is 2.75 bits per heavy atom. The number of fused-ring (bicyclic) bond motifs is 3. The second kappa shape index (κ2) is 6.00. The Balaban J connectivity index is 1.89. The molecule has 6 heteroatoms. The van der Waals surface area contributed by atoms with E-state index in [0.29, 0.717) is 19.5 Å². The predicted octanol–water partition coefficient (Wildman–Crippen LogP) is 1.06. The molecule has 3 rings (SSSR count). The highest BCUT2D eigenvalue weighted by Crippen LogP contribution is 2.19. The fourth-order valence-corrected chi connectivity index (χ4v) is 3.20. The van der Waals surface area contributed by atoms with Crippen molar-refractivity contribution in [3.05, 3.63) is 21.8 Å². The highest BCUT2D eigenvalue weighted by atomic mass is 16.6. The predicted molar refractivity (Wildman–Crippen MR) is 89.4 cm³/mol. The van der Waals surface area contributed by atoms with Crippen molar-refractivity contribution in [2.75, 3.05) is 13.7 Å². The van der Waals surface area contributed by atoms with Crippen LogP contribution in [-0.2, 0) is 27.2 Å². The lowest BCUT2D eigenvalue weighted by Gasteiger charge is -2.30. The Hall–Kier alpha value is -2.24. The summed E-state index contributed by atoms with van der Waals surface area (Å²) in [5.74, 6) is -0.494. The van der Waals surface area contributed by atoms with E-state index in [4.69, 9.17) is 9.47 Å². The minimum atomic E-state index is -0.509. The molecule has 0 fully saturated rings. The molecule has 1 N–H and O–H groups in total. The molecule has 0 saturated heterocycles. The summed E-state index contributed by atoms with van der Waals surface area (Å²) >= 11 is 0. The summed E-state index contributed by atoms with van der Waals surface area (Å²) in [6.07, 6.45) is 5.08. The molecule has 0 aromatic carbocycles. The van der Waals surface area contributed by atoms with E-state index in [2.05, 4.69) is 4.98 Å². The van der Waals surface area contributed by atoms with E-state index in [1.807, 2.05) is 32.9 Å². The molecule has 0 radical (unpaired) electrons. The Kier molecular flexibility index (Phi) is 4.15. The van der Waals surface area contributed by atoms with Gasteiger partial charge in [-0.25, -0.2) is 4.79 Å². The van der Waals surface area contributed by atoms with Gasteiger partial charge in [0, 0.05) is 29.2 Å². The van der Waals surface area contributed by atoms with Crippen LogP contribution < -0.4 is 10.6 Å². The largest absolute Gasteiger partial charge is 0.469 e. The van der Waals surface area contributed by atoms with Crippen LogP contribution in [-0.4, -0.2) is 41.2 Å². The van der Waals surface area contributed by atoms with Crippen LogP contribution in [0.4, 0.5) is 4.79 Å². The number of amides is 1. The molecule has 0 bridgehead atoms. The number of aromatic nitrogens is 1. The maximum Gasteiger partial charge on any atom is 0.410 e. The molecule has 1 aromatic rings. The van der Waals surface area contributed by atoms with E-state index in [1.165, 1.54) is 7.11 Å². The number of esters is 1. The SMILES string of the molecule is COC(=O)C1C=c2c3c([nH]c2=CC1)CCN(C(=O)OC(C)(C)C)C3. The van der Waals surface area contributed by atoms with Crippen LogP contribution in [0.5, 0.6) is 0 Å². The van der Waals surface area contributed by atoms with Crippen LogP contribution in [0, 0.1) is 5.92 Å². The van der Waals surface area contributed by atoms with E-state index in [1.54, 1.807) is 4.90 Å². The van der Waals surface area contributed by atoms with Crippen LogP contribution in [0.3, 0.4) is 0 Å². The molecule has 1 unspecified atom stereocenters. The smallest absolute Gasteiger partial charge is 0.410 e. The quantitative estimate of drug-likeness (QED) is 0.781. The fraction of sp³-hybridized carbons (Fsp3) is 0.556. The van der Waals surface area contributed by atoms with Gasteiger partial charge in [0.25, 0.3) is 0 Å². The fourth-order valence-electron chi connectivity index (χ4n) is 3.20. The zero-order valence-corrected chi connectivity index (χ0v) is 14.6. The number of ether oxygens (including phenoxy) is 2. The topological polar surface area (TPSA) is 71.6 Å². The van der Waals surface area contributed by atoms with Crippen molar-refractivity contribution >= 4 is 24.2 Å². The van der Waals surface area contributed by atoms with Crippen LogP contribution >= 0.6 is 0 Å². The molecule has 1 amide bonds. The van der Waals surface area contributed by atoms with Gasteiger partial charge in [0.1, 0.15) is 5.60 Å². The van der Waals surface area contributed by atoms with Crippen molar-refractivity contribution in [1.82, 2.24) is 9.88 Å². The Bertz CT molecular complexity index is 785. The van der Waals surface area contributed by atoms with Crippen LogP contribution in [0.15, 0.2) is 0 Å². The molecular formula is C18H24N2O4. The van der Waals surface area contributed by atoms with Crippen LogP contribution in [0.1, 0.15) is 38.4 Å². The Morgan fingerprint density at radius 2 is 2.08 bits per heavy atom. The lowest BCUT2D eigenvalue weighted by Crippen LogP contribution is -2.41. The van der Waals surface area contributed by atoms with Crippen molar-refractivity contribution in [3.8, 4) is 0 Å². The normalized spacial score (nSPS) is 19.5. The summed E-state index contributed by atoms with van der Waals surface area (Å²) in [6, 6.07) is 0. The number of methoxy groups -OCH3 is 1. The van der Waals surface area contributed by atoms with E-state index in [-0.39, 0.29) is 18.0 Å². The van der Waals surface area contributed by atoms with Crippen molar-refractivity contribution in [3.63, 3.8) is 0 Å². The number of H-pyrrole nitrogens is 1. The maximum atomic E-state index is 12.3. The number of hydrogen-bond donors (Lipinski definition) is 1.